The second-order valence-electron chi connectivity index (χ2n) is 4.82. The number of pyridine rings is 1. The van der Waals surface area contributed by atoms with Gasteiger partial charge in [0, 0.05) is 24.5 Å². The summed E-state index contributed by atoms with van der Waals surface area (Å²) in [5.41, 5.74) is 12.4. The van der Waals surface area contributed by atoms with Gasteiger partial charge in [0.15, 0.2) is 5.78 Å². The highest BCUT2D eigenvalue weighted by Gasteiger charge is 2.17. The fourth-order valence-electron chi connectivity index (χ4n) is 1.94. The molecular weight excluding hydrogens is 214 g/mol. The Kier molecular flexibility index (Phi) is 5.10. The Bertz CT molecular complexity index is 377. The minimum absolute atomic E-state index is 0.0340. The highest BCUT2D eigenvalue weighted by atomic mass is 16.1. The normalized spacial score (nSPS) is 12.7. The summed E-state index contributed by atoms with van der Waals surface area (Å²) in [7, 11) is 0. The number of nitrogens with two attached hydrogens (primary N) is 2. The number of ketones is 1. The third-order valence-corrected chi connectivity index (χ3v) is 2.77. The van der Waals surface area contributed by atoms with Crippen LogP contribution in [0.25, 0.3) is 0 Å². The molecule has 17 heavy (non-hydrogen) atoms. The van der Waals surface area contributed by atoms with Gasteiger partial charge >= 0.3 is 0 Å². The number of aromatic nitrogens is 1. The zero-order chi connectivity index (χ0) is 12.8. The molecule has 1 aromatic rings. The first-order valence-corrected chi connectivity index (χ1v) is 5.97. The molecule has 0 radical (unpaired) electrons. The van der Waals surface area contributed by atoms with Crippen LogP contribution in [-0.4, -0.2) is 17.3 Å². The van der Waals surface area contributed by atoms with E-state index in [2.05, 4.69) is 18.8 Å². The van der Waals surface area contributed by atoms with Crippen molar-refractivity contribution in [2.45, 2.75) is 26.7 Å². The van der Waals surface area contributed by atoms with Crippen molar-refractivity contribution in [3.63, 3.8) is 0 Å². The molecule has 0 bridgehead atoms. The molecule has 0 saturated carbocycles. The third kappa shape index (κ3) is 4.15. The van der Waals surface area contributed by atoms with E-state index in [-0.39, 0.29) is 11.7 Å². The van der Waals surface area contributed by atoms with Crippen molar-refractivity contribution in [1.29, 1.82) is 0 Å². The average Bonchev–Trinajstić information content (AvgIpc) is 2.27. The van der Waals surface area contributed by atoms with E-state index in [1.54, 1.807) is 12.3 Å². The monoisotopic (exact) mass is 235 g/mol. The summed E-state index contributed by atoms with van der Waals surface area (Å²) in [5.74, 6) is 0.802. The number of nitrogen functional groups attached to an aromatic ring is 1. The SMILES string of the molecule is CC(C)CC(CN)CC(=O)c1cnccc1N. The predicted octanol–water partition coefficient (Wildman–Crippen LogP) is 1.86. The lowest BCUT2D eigenvalue weighted by Crippen LogP contribution is -2.20. The van der Waals surface area contributed by atoms with Gasteiger partial charge in [-0.15, -0.1) is 0 Å². The van der Waals surface area contributed by atoms with Crippen LogP contribution < -0.4 is 11.5 Å². The number of hydrogen-bond acceptors (Lipinski definition) is 4. The van der Waals surface area contributed by atoms with Gasteiger partial charge in [0.05, 0.1) is 5.56 Å². The largest absolute Gasteiger partial charge is 0.398 e. The number of carbonyl (C=O) groups is 1. The van der Waals surface area contributed by atoms with Crippen LogP contribution in [0.15, 0.2) is 18.5 Å². The number of nitrogens with zero attached hydrogens (tertiary/aromatic N) is 1. The molecule has 0 aliphatic carbocycles. The van der Waals surface area contributed by atoms with Gasteiger partial charge in [0.25, 0.3) is 0 Å². The van der Waals surface area contributed by atoms with Crippen molar-refractivity contribution in [2.24, 2.45) is 17.6 Å². The van der Waals surface area contributed by atoms with Gasteiger partial charge in [-0.05, 0) is 30.9 Å². The highest BCUT2D eigenvalue weighted by Crippen LogP contribution is 2.19. The number of anilines is 1. The van der Waals surface area contributed by atoms with Crippen molar-refractivity contribution in [3.05, 3.63) is 24.0 Å². The summed E-state index contributed by atoms with van der Waals surface area (Å²) in [4.78, 5) is 16.0. The van der Waals surface area contributed by atoms with E-state index >= 15 is 0 Å². The van der Waals surface area contributed by atoms with E-state index in [4.69, 9.17) is 11.5 Å². The van der Waals surface area contributed by atoms with Gasteiger partial charge in [0.1, 0.15) is 0 Å². The first-order chi connectivity index (χ1) is 8.04. The zero-order valence-electron chi connectivity index (χ0n) is 10.5. The Morgan fingerprint density at radius 2 is 2.18 bits per heavy atom. The number of Topliss-reactive ketones (excluding diaryl/α,β-unsaturated/α-hetero) is 1. The van der Waals surface area contributed by atoms with Crippen molar-refractivity contribution in [3.8, 4) is 0 Å². The fourth-order valence-corrected chi connectivity index (χ4v) is 1.94. The van der Waals surface area contributed by atoms with E-state index in [0.29, 0.717) is 30.1 Å². The molecule has 1 aromatic heterocycles. The summed E-state index contributed by atoms with van der Waals surface area (Å²) in [6.45, 7) is 4.79. The molecule has 4 nitrogen and oxygen atoms in total. The number of carbonyl (C=O) groups excluding carboxylic acids is 1. The van der Waals surface area contributed by atoms with Gasteiger partial charge in [0.2, 0.25) is 0 Å². The van der Waals surface area contributed by atoms with E-state index in [9.17, 15) is 4.79 Å². The lowest BCUT2D eigenvalue weighted by atomic mass is 9.91. The molecule has 0 saturated heterocycles. The maximum Gasteiger partial charge on any atom is 0.166 e. The molecule has 0 aliphatic rings. The quantitative estimate of drug-likeness (QED) is 0.737. The van der Waals surface area contributed by atoms with Gasteiger partial charge in [-0.25, -0.2) is 0 Å². The Labute approximate surface area is 102 Å². The van der Waals surface area contributed by atoms with Crippen LogP contribution in [0.3, 0.4) is 0 Å². The predicted molar refractivity (Wildman–Crippen MR) is 69.6 cm³/mol. The van der Waals surface area contributed by atoms with Crippen molar-refractivity contribution >= 4 is 11.5 Å². The van der Waals surface area contributed by atoms with Gasteiger partial charge < -0.3 is 11.5 Å². The van der Waals surface area contributed by atoms with Crippen molar-refractivity contribution in [2.75, 3.05) is 12.3 Å². The van der Waals surface area contributed by atoms with Gasteiger partial charge in [-0.1, -0.05) is 13.8 Å². The molecule has 0 fully saturated rings. The van der Waals surface area contributed by atoms with Crippen LogP contribution >= 0.6 is 0 Å². The smallest absolute Gasteiger partial charge is 0.166 e. The standard InChI is InChI=1S/C13H21N3O/c1-9(2)5-10(7-14)6-13(17)11-8-16-4-3-12(11)15/h3-4,8-10H,5-7,14H2,1-2H3,(H2,15,16). The van der Waals surface area contributed by atoms with E-state index in [0.717, 1.165) is 6.42 Å². The molecule has 0 aromatic carbocycles. The molecule has 1 rings (SSSR count). The summed E-state index contributed by atoms with van der Waals surface area (Å²) < 4.78 is 0. The molecule has 4 heteroatoms. The van der Waals surface area contributed by atoms with Crippen molar-refractivity contribution < 1.29 is 4.79 Å². The summed E-state index contributed by atoms with van der Waals surface area (Å²) in [5, 5.41) is 0. The summed E-state index contributed by atoms with van der Waals surface area (Å²) in [6, 6.07) is 1.65. The summed E-state index contributed by atoms with van der Waals surface area (Å²) >= 11 is 0. The number of rotatable bonds is 6. The average molecular weight is 235 g/mol. The minimum Gasteiger partial charge on any atom is -0.398 e. The van der Waals surface area contributed by atoms with E-state index in [1.165, 1.54) is 6.20 Å². The second-order valence-corrected chi connectivity index (χ2v) is 4.82. The molecule has 0 spiro atoms. The van der Waals surface area contributed by atoms with Crippen LogP contribution in [0.1, 0.15) is 37.0 Å². The molecule has 1 unspecified atom stereocenters. The summed E-state index contributed by atoms with van der Waals surface area (Å²) in [6.07, 6.45) is 4.52. The van der Waals surface area contributed by atoms with Gasteiger partial charge in [-0.2, -0.15) is 0 Å². The van der Waals surface area contributed by atoms with E-state index in [1.807, 2.05) is 0 Å². The fraction of sp³-hybridized carbons (Fsp3) is 0.538. The molecule has 4 N–H and O–H groups in total. The van der Waals surface area contributed by atoms with Crippen LogP contribution in [0, 0.1) is 11.8 Å². The topological polar surface area (TPSA) is 82.0 Å². The van der Waals surface area contributed by atoms with Crippen LogP contribution in [-0.2, 0) is 0 Å². The third-order valence-electron chi connectivity index (χ3n) is 2.77. The molecular formula is C13H21N3O. The van der Waals surface area contributed by atoms with Crippen molar-refractivity contribution in [1.82, 2.24) is 4.98 Å². The number of hydrogen-bond donors (Lipinski definition) is 2. The Hall–Kier alpha value is -1.42. The van der Waals surface area contributed by atoms with Crippen LogP contribution in [0.2, 0.25) is 0 Å². The minimum atomic E-state index is 0.0340. The zero-order valence-corrected chi connectivity index (χ0v) is 10.5. The molecule has 1 atom stereocenters. The Balaban J connectivity index is 2.68. The lowest BCUT2D eigenvalue weighted by Gasteiger charge is -2.16. The Morgan fingerprint density at radius 3 is 2.71 bits per heavy atom. The molecule has 94 valence electrons. The Morgan fingerprint density at radius 1 is 1.47 bits per heavy atom. The lowest BCUT2D eigenvalue weighted by molar-refractivity contribution is 0.0958. The molecule has 0 amide bonds. The van der Waals surface area contributed by atoms with E-state index < -0.39 is 0 Å². The maximum absolute atomic E-state index is 12.0. The van der Waals surface area contributed by atoms with Crippen LogP contribution in [0.5, 0.6) is 0 Å². The molecule has 1 heterocycles. The maximum atomic E-state index is 12.0. The first-order valence-electron chi connectivity index (χ1n) is 5.97. The first kappa shape index (κ1) is 13.6. The van der Waals surface area contributed by atoms with Crippen LogP contribution in [0.4, 0.5) is 5.69 Å². The highest BCUT2D eigenvalue weighted by molar-refractivity contribution is 6.00. The van der Waals surface area contributed by atoms with Gasteiger partial charge in [-0.3, -0.25) is 9.78 Å². The second kappa shape index (κ2) is 6.35. The molecule has 0 aliphatic heterocycles.